The second-order valence-corrected chi connectivity index (χ2v) is 9.12. The van der Waals surface area contributed by atoms with Crippen LogP contribution in [0.3, 0.4) is 0 Å². The summed E-state index contributed by atoms with van der Waals surface area (Å²) in [5.41, 5.74) is 0.826. The number of ether oxygens (including phenoxy) is 1. The molecule has 1 saturated heterocycles. The van der Waals surface area contributed by atoms with Crippen LogP contribution in [0.4, 0.5) is 28.0 Å². The van der Waals surface area contributed by atoms with Gasteiger partial charge < -0.3 is 15.4 Å². The standard InChI is InChI=1S/C25H24ClF4N5O3/c1-14(36)32-11-18-13-35(24(37)38-18)17-7-8-19(21(27)9-17)16-5-3-15(4-6-16)10-31-12-20-22(25(28,29)30)33-34(2)23(20)26/h3-9,18,31H,10-13H2,1-2H3,(H,32,36). The number of nitrogens with one attached hydrogen (secondary N) is 2. The van der Waals surface area contributed by atoms with Crippen molar-refractivity contribution in [2.75, 3.05) is 18.0 Å². The molecule has 0 aliphatic carbocycles. The number of carbonyl (C=O) groups excluding carboxylic acids is 2. The third-order valence-corrected chi connectivity index (χ3v) is 6.42. The summed E-state index contributed by atoms with van der Waals surface area (Å²) in [6.45, 7) is 1.81. The van der Waals surface area contributed by atoms with E-state index in [9.17, 15) is 27.2 Å². The van der Waals surface area contributed by atoms with Crippen LogP contribution in [0.5, 0.6) is 0 Å². The van der Waals surface area contributed by atoms with Crippen molar-refractivity contribution in [1.29, 1.82) is 0 Å². The van der Waals surface area contributed by atoms with Gasteiger partial charge in [0.2, 0.25) is 5.91 Å². The third-order valence-electron chi connectivity index (χ3n) is 5.95. The molecule has 3 aromatic rings. The van der Waals surface area contributed by atoms with Gasteiger partial charge >= 0.3 is 12.3 Å². The van der Waals surface area contributed by atoms with Crippen molar-refractivity contribution < 1.29 is 31.9 Å². The minimum atomic E-state index is -4.62. The zero-order valence-electron chi connectivity index (χ0n) is 20.4. The third kappa shape index (κ3) is 6.08. The monoisotopic (exact) mass is 553 g/mol. The number of amides is 2. The zero-order valence-corrected chi connectivity index (χ0v) is 21.2. The van der Waals surface area contributed by atoms with Crippen LogP contribution in [0.25, 0.3) is 11.1 Å². The molecule has 1 aliphatic rings. The van der Waals surface area contributed by atoms with Crippen LogP contribution in [-0.2, 0) is 35.8 Å². The van der Waals surface area contributed by atoms with E-state index in [1.165, 1.54) is 24.9 Å². The van der Waals surface area contributed by atoms with Crippen LogP contribution < -0.4 is 15.5 Å². The van der Waals surface area contributed by atoms with Crippen molar-refractivity contribution in [2.45, 2.75) is 32.3 Å². The number of alkyl halides is 3. The minimum absolute atomic E-state index is 0.0930. The van der Waals surface area contributed by atoms with Crippen LogP contribution in [-0.4, -0.2) is 41.0 Å². The number of carbonyl (C=O) groups is 2. The van der Waals surface area contributed by atoms with Crippen molar-refractivity contribution in [2.24, 2.45) is 7.05 Å². The number of aryl methyl sites for hydroxylation is 1. The Kier molecular flexibility index (Phi) is 7.93. The van der Waals surface area contributed by atoms with Gasteiger partial charge in [0.25, 0.3) is 0 Å². The SMILES string of the molecule is CC(=O)NCC1CN(c2ccc(-c3ccc(CNCc4c(C(F)(F)F)nn(C)c4Cl)cc3)c(F)c2)C(=O)O1. The van der Waals surface area contributed by atoms with E-state index < -0.39 is 29.9 Å². The molecule has 1 aliphatic heterocycles. The summed E-state index contributed by atoms with van der Waals surface area (Å²) in [5.74, 6) is -0.789. The molecule has 0 spiro atoms. The molecule has 2 N–H and O–H groups in total. The molecule has 4 rings (SSSR count). The predicted octanol–water partition coefficient (Wildman–Crippen LogP) is 4.65. The van der Waals surface area contributed by atoms with E-state index in [0.29, 0.717) is 16.8 Å². The van der Waals surface area contributed by atoms with Gasteiger partial charge in [0.15, 0.2) is 5.69 Å². The highest BCUT2D eigenvalue weighted by molar-refractivity contribution is 6.30. The van der Waals surface area contributed by atoms with Gasteiger partial charge in [-0.2, -0.15) is 18.3 Å². The topological polar surface area (TPSA) is 88.5 Å². The lowest BCUT2D eigenvalue weighted by Crippen LogP contribution is -2.33. The molecule has 8 nitrogen and oxygen atoms in total. The Balaban J connectivity index is 1.39. The Morgan fingerprint density at radius 3 is 2.53 bits per heavy atom. The molecule has 2 amide bonds. The van der Waals surface area contributed by atoms with E-state index in [-0.39, 0.29) is 42.8 Å². The number of halogens is 5. The Labute approximate surface area is 220 Å². The van der Waals surface area contributed by atoms with E-state index in [1.807, 2.05) is 0 Å². The zero-order chi connectivity index (χ0) is 27.6. The number of hydrogen-bond donors (Lipinski definition) is 2. The van der Waals surface area contributed by atoms with Crippen LogP contribution in [0, 0.1) is 5.82 Å². The van der Waals surface area contributed by atoms with Crippen LogP contribution in [0.15, 0.2) is 42.5 Å². The lowest BCUT2D eigenvalue weighted by atomic mass is 10.0. The summed E-state index contributed by atoms with van der Waals surface area (Å²) in [6, 6.07) is 11.2. The van der Waals surface area contributed by atoms with Crippen LogP contribution in [0.1, 0.15) is 23.7 Å². The predicted molar refractivity (Wildman–Crippen MR) is 132 cm³/mol. The number of anilines is 1. The molecule has 2 heterocycles. The molecule has 0 radical (unpaired) electrons. The molecule has 1 fully saturated rings. The molecule has 1 unspecified atom stereocenters. The molecule has 202 valence electrons. The van der Waals surface area contributed by atoms with E-state index in [0.717, 1.165) is 10.2 Å². The molecular weight excluding hydrogens is 530 g/mol. The number of rotatable bonds is 8. The van der Waals surface area contributed by atoms with Gasteiger partial charge in [0.05, 0.1) is 18.8 Å². The molecule has 38 heavy (non-hydrogen) atoms. The lowest BCUT2D eigenvalue weighted by Gasteiger charge is -2.15. The van der Waals surface area contributed by atoms with Gasteiger partial charge in [-0.3, -0.25) is 14.4 Å². The summed E-state index contributed by atoms with van der Waals surface area (Å²) in [7, 11) is 1.34. The number of aromatic nitrogens is 2. The number of benzene rings is 2. The quantitative estimate of drug-likeness (QED) is 0.397. The van der Waals surface area contributed by atoms with Crippen LogP contribution >= 0.6 is 11.6 Å². The van der Waals surface area contributed by atoms with Crippen molar-refractivity contribution in [3.05, 3.63) is 70.3 Å². The molecule has 1 atom stereocenters. The van der Waals surface area contributed by atoms with Gasteiger partial charge in [0, 0.05) is 38.2 Å². The Hall–Kier alpha value is -3.64. The Morgan fingerprint density at radius 2 is 1.89 bits per heavy atom. The van der Waals surface area contributed by atoms with Crippen molar-refractivity contribution in [3.63, 3.8) is 0 Å². The average molecular weight is 554 g/mol. The molecule has 1 aromatic heterocycles. The number of nitrogens with zero attached hydrogens (tertiary/aromatic N) is 3. The molecule has 0 bridgehead atoms. The molecule has 0 saturated carbocycles. The van der Waals surface area contributed by atoms with Crippen molar-refractivity contribution in [3.8, 4) is 11.1 Å². The van der Waals surface area contributed by atoms with Gasteiger partial charge in [-0.25, -0.2) is 9.18 Å². The maximum absolute atomic E-state index is 15.0. The molecular formula is C25H24ClF4N5O3. The second kappa shape index (κ2) is 11.0. The summed E-state index contributed by atoms with van der Waals surface area (Å²) in [5, 5.41) is 8.88. The fraction of sp³-hybridized carbons (Fsp3) is 0.320. The summed E-state index contributed by atoms with van der Waals surface area (Å²) >= 11 is 5.98. The van der Waals surface area contributed by atoms with Crippen molar-refractivity contribution >= 4 is 29.3 Å². The lowest BCUT2D eigenvalue weighted by molar-refractivity contribution is -0.142. The first-order valence-electron chi connectivity index (χ1n) is 11.5. The molecule has 2 aromatic carbocycles. The van der Waals surface area contributed by atoms with Gasteiger partial charge in [-0.15, -0.1) is 0 Å². The highest BCUT2D eigenvalue weighted by Gasteiger charge is 2.38. The number of cyclic esters (lactones) is 1. The van der Waals surface area contributed by atoms with Gasteiger partial charge in [-0.05, 0) is 29.3 Å². The first-order valence-corrected chi connectivity index (χ1v) is 11.9. The fourth-order valence-corrected chi connectivity index (χ4v) is 4.26. The highest BCUT2D eigenvalue weighted by atomic mass is 35.5. The number of hydrogen-bond acceptors (Lipinski definition) is 5. The van der Waals surface area contributed by atoms with E-state index in [2.05, 4.69) is 15.7 Å². The summed E-state index contributed by atoms with van der Waals surface area (Å²) in [6.07, 6.45) is -5.78. The molecule has 13 heteroatoms. The maximum Gasteiger partial charge on any atom is 0.435 e. The average Bonchev–Trinajstić information content (AvgIpc) is 3.37. The van der Waals surface area contributed by atoms with E-state index in [1.54, 1.807) is 36.4 Å². The van der Waals surface area contributed by atoms with Gasteiger partial charge in [0.1, 0.15) is 17.1 Å². The van der Waals surface area contributed by atoms with Crippen LogP contribution in [0.2, 0.25) is 5.15 Å². The maximum atomic E-state index is 15.0. The first-order chi connectivity index (χ1) is 17.9. The summed E-state index contributed by atoms with van der Waals surface area (Å²) < 4.78 is 60.8. The van der Waals surface area contributed by atoms with Crippen molar-refractivity contribution in [1.82, 2.24) is 20.4 Å². The largest absolute Gasteiger partial charge is 0.442 e. The fourth-order valence-electron chi connectivity index (χ4n) is 4.07. The normalized spacial score (nSPS) is 15.6. The highest BCUT2D eigenvalue weighted by Crippen LogP contribution is 2.34. The summed E-state index contributed by atoms with van der Waals surface area (Å²) in [4.78, 5) is 24.6. The first kappa shape index (κ1) is 27.4. The van der Waals surface area contributed by atoms with E-state index in [4.69, 9.17) is 16.3 Å². The Morgan fingerprint density at radius 1 is 1.18 bits per heavy atom. The Bertz CT molecular complexity index is 1340. The smallest absolute Gasteiger partial charge is 0.435 e. The minimum Gasteiger partial charge on any atom is -0.442 e. The van der Waals surface area contributed by atoms with E-state index >= 15 is 0 Å². The van der Waals surface area contributed by atoms with Gasteiger partial charge in [-0.1, -0.05) is 35.9 Å². The second-order valence-electron chi connectivity index (χ2n) is 8.76.